The molecule has 0 aliphatic heterocycles. The number of aryl methyl sites for hydroxylation is 1. The van der Waals surface area contributed by atoms with E-state index in [4.69, 9.17) is 0 Å². The summed E-state index contributed by atoms with van der Waals surface area (Å²) in [7, 11) is 0. The zero-order valence-corrected chi connectivity index (χ0v) is 9.59. The molecule has 0 saturated heterocycles. The maximum absolute atomic E-state index is 10.6. The first-order valence-corrected chi connectivity index (χ1v) is 5.83. The Hall–Kier alpha value is -0.630. The summed E-state index contributed by atoms with van der Waals surface area (Å²) in [5.41, 5.74) is 2.78. The first-order valence-electron chi connectivity index (χ1n) is 5.04. The largest absolute Gasteiger partial charge is 0.303 e. The summed E-state index contributed by atoms with van der Waals surface area (Å²) in [5, 5.41) is 0. The monoisotopic (exact) mass is 252 g/mol. The molecule has 1 unspecified atom stereocenters. The minimum Gasteiger partial charge on any atom is -0.303 e. The minimum absolute atomic E-state index is 0.437. The zero-order valence-electron chi connectivity index (χ0n) is 8.00. The number of halogens is 1. The molecule has 1 atom stereocenters. The molecule has 0 amide bonds. The predicted molar refractivity (Wildman–Crippen MR) is 60.5 cm³/mol. The number of fused-ring (bicyclic) bond motifs is 1. The molecule has 1 aliphatic rings. The molecule has 0 radical (unpaired) electrons. The maximum atomic E-state index is 10.6. The van der Waals surface area contributed by atoms with Crippen LogP contribution in [0.25, 0.3) is 0 Å². The molecule has 0 heterocycles. The van der Waals surface area contributed by atoms with Crippen molar-refractivity contribution in [1.82, 2.24) is 0 Å². The Morgan fingerprint density at radius 1 is 1.50 bits per heavy atom. The fourth-order valence-electron chi connectivity index (χ4n) is 2.29. The van der Waals surface area contributed by atoms with Crippen molar-refractivity contribution in [2.45, 2.75) is 31.6 Å². The highest BCUT2D eigenvalue weighted by molar-refractivity contribution is 9.10. The third kappa shape index (κ3) is 1.76. The van der Waals surface area contributed by atoms with Crippen molar-refractivity contribution < 1.29 is 4.79 Å². The van der Waals surface area contributed by atoms with Crippen LogP contribution in [-0.2, 0) is 11.2 Å². The van der Waals surface area contributed by atoms with Crippen LogP contribution >= 0.6 is 15.9 Å². The molecule has 2 heteroatoms. The second kappa shape index (κ2) is 4.26. The van der Waals surface area contributed by atoms with Crippen molar-refractivity contribution in [1.29, 1.82) is 0 Å². The quantitative estimate of drug-likeness (QED) is 0.737. The molecule has 0 aromatic heterocycles. The number of carbonyl (C=O) groups excluding carboxylic acids is 1. The van der Waals surface area contributed by atoms with Gasteiger partial charge in [-0.1, -0.05) is 28.1 Å². The molecular formula is C12H13BrO. The number of benzene rings is 1. The van der Waals surface area contributed by atoms with Crippen molar-refractivity contribution in [2.24, 2.45) is 0 Å². The van der Waals surface area contributed by atoms with Gasteiger partial charge in [0.1, 0.15) is 6.29 Å². The van der Waals surface area contributed by atoms with Gasteiger partial charge in [0.25, 0.3) is 0 Å². The summed E-state index contributed by atoms with van der Waals surface area (Å²) in [6, 6.07) is 6.32. The normalized spacial score (nSPS) is 20.2. The summed E-state index contributed by atoms with van der Waals surface area (Å²) in [5.74, 6) is 0.437. The lowest BCUT2D eigenvalue weighted by Gasteiger charge is -2.25. The standard InChI is InChI=1S/C12H13BrO/c13-11-6-2-5-9-3-1-4-10(7-8-14)12(9)11/h2,5-6,8,10H,1,3-4,7H2. The molecule has 0 fully saturated rings. The topological polar surface area (TPSA) is 17.1 Å². The third-order valence-electron chi connectivity index (χ3n) is 2.93. The molecule has 14 heavy (non-hydrogen) atoms. The van der Waals surface area contributed by atoms with Crippen LogP contribution in [0.4, 0.5) is 0 Å². The molecule has 0 spiro atoms. The van der Waals surface area contributed by atoms with Gasteiger partial charge in [-0.15, -0.1) is 0 Å². The molecule has 74 valence electrons. The molecule has 1 nitrogen and oxygen atoms in total. The average Bonchev–Trinajstić information content (AvgIpc) is 2.19. The maximum Gasteiger partial charge on any atom is 0.120 e. The fourth-order valence-corrected chi connectivity index (χ4v) is 3.02. The average molecular weight is 253 g/mol. The summed E-state index contributed by atoms with van der Waals surface area (Å²) in [6.07, 6.45) is 5.22. The Labute approximate surface area is 92.6 Å². The lowest BCUT2D eigenvalue weighted by Crippen LogP contribution is -2.10. The van der Waals surface area contributed by atoms with Gasteiger partial charge in [-0.25, -0.2) is 0 Å². The Kier molecular flexibility index (Phi) is 3.02. The summed E-state index contributed by atoms with van der Waals surface area (Å²) < 4.78 is 1.17. The van der Waals surface area contributed by atoms with Crippen LogP contribution in [0.1, 0.15) is 36.3 Å². The van der Waals surface area contributed by atoms with Crippen LogP contribution < -0.4 is 0 Å². The second-order valence-electron chi connectivity index (χ2n) is 3.80. The van der Waals surface area contributed by atoms with Gasteiger partial charge in [0.05, 0.1) is 0 Å². The summed E-state index contributed by atoms with van der Waals surface area (Å²) >= 11 is 3.58. The summed E-state index contributed by atoms with van der Waals surface area (Å²) in [4.78, 5) is 10.6. The highest BCUT2D eigenvalue weighted by atomic mass is 79.9. The Bertz CT molecular complexity index is 346. The van der Waals surface area contributed by atoms with Crippen LogP contribution in [0.5, 0.6) is 0 Å². The van der Waals surface area contributed by atoms with E-state index in [1.807, 2.05) is 0 Å². The van der Waals surface area contributed by atoms with Crippen LogP contribution in [0.2, 0.25) is 0 Å². The zero-order chi connectivity index (χ0) is 9.97. The second-order valence-corrected chi connectivity index (χ2v) is 4.66. The summed E-state index contributed by atoms with van der Waals surface area (Å²) in [6.45, 7) is 0. The van der Waals surface area contributed by atoms with Crippen LogP contribution in [0, 0.1) is 0 Å². The highest BCUT2D eigenvalue weighted by Crippen LogP contribution is 2.37. The Morgan fingerprint density at radius 2 is 2.36 bits per heavy atom. The molecule has 2 rings (SSSR count). The van der Waals surface area contributed by atoms with Gasteiger partial charge in [0.2, 0.25) is 0 Å². The van der Waals surface area contributed by atoms with E-state index >= 15 is 0 Å². The number of hydrogen-bond donors (Lipinski definition) is 0. The van der Waals surface area contributed by atoms with Crippen LogP contribution in [-0.4, -0.2) is 6.29 Å². The van der Waals surface area contributed by atoms with Crippen molar-refractivity contribution in [3.63, 3.8) is 0 Å². The smallest absolute Gasteiger partial charge is 0.120 e. The lowest BCUT2D eigenvalue weighted by molar-refractivity contribution is -0.108. The predicted octanol–water partition coefficient (Wildman–Crippen LogP) is 3.46. The molecule has 0 bridgehead atoms. The highest BCUT2D eigenvalue weighted by Gasteiger charge is 2.21. The van der Waals surface area contributed by atoms with Crippen LogP contribution in [0.15, 0.2) is 22.7 Å². The van der Waals surface area contributed by atoms with E-state index in [0.29, 0.717) is 12.3 Å². The van der Waals surface area contributed by atoms with E-state index in [1.54, 1.807) is 0 Å². The molecular weight excluding hydrogens is 240 g/mol. The SMILES string of the molecule is O=CCC1CCCc2cccc(Br)c21. The van der Waals surface area contributed by atoms with Gasteiger partial charge in [0, 0.05) is 10.9 Å². The Balaban J connectivity index is 2.41. The van der Waals surface area contributed by atoms with E-state index in [1.165, 1.54) is 22.0 Å². The van der Waals surface area contributed by atoms with Crippen molar-refractivity contribution in [2.75, 3.05) is 0 Å². The molecule has 0 N–H and O–H groups in total. The minimum atomic E-state index is 0.437. The van der Waals surface area contributed by atoms with E-state index in [2.05, 4.69) is 34.1 Å². The molecule has 1 aliphatic carbocycles. The molecule has 1 aromatic carbocycles. The van der Waals surface area contributed by atoms with Gasteiger partial charge in [-0.2, -0.15) is 0 Å². The van der Waals surface area contributed by atoms with Crippen molar-refractivity contribution >= 4 is 22.2 Å². The number of rotatable bonds is 2. The lowest BCUT2D eigenvalue weighted by atomic mass is 9.81. The Morgan fingerprint density at radius 3 is 3.14 bits per heavy atom. The number of hydrogen-bond acceptors (Lipinski definition) is 1. The first-order chi connectivity index (χ1) is 6.83. The van der Waals surface area contributed by atoms with E-state index < -0.39 is 0 Å². The molecule has 0 saturated carbocycles. The van der Waals surface area contributed by atoms with E-state index in [0.717, 1.165) is 19.1 Å². The van der Waals surface area contributed by atoms with Crippen molar-refractivity contribution in [3.8, 4) is 0 Å². The van der Waals surface area contributed by atoms with Crippen LogP contribution in [0.3, 0.4) is 0 Å². The van der Waals surface area contributed by atoms with E-state index in [9.17, 15) is 4.79 Å². The van der Waals surface area contributed by atoms with E-state index in [-0.39, 0.29) is 0 Å². The van der Waals surface area contributed by atoms with Gasteiger partial charge < -0.3 is 4.79 Å². The molecule has 1 aromatic rings. The number of aldehydes is 1. The number of carbonyl (C=O) groups is 1. The van der Waals surface area contributed by atoms with Gasteiger partial charge >= 0.3 is 0 Å². The van der Waals surface area contributed by atoms with Crippen molar-refractivity contribution in [3.05, 3.63) is 33.8 Å². The van der Waals surface area contributed by atoms with Gasteiger partial charge in [-0.05, 0) is 42.4 Å². The fraction of sp³-hybridized carbons (Fsp3) is 0.417. The van der Waals surface area contributed by atoms with Gasteiger partial charge in [-0.3, -0.25) is 0 Å². The first kappa shape index (κ1) is 9.91. The third-order valence-corrected chi connectivity index (χ3v) is 3.62. The van der Waals surface area contributed by atoms with Gasteiger partial charge in [0.15, 0.2) is 0 Å².